The van der Waals surface area contributed by atoms with Crippen LogP contribution in [0.3, 0.4) is 0 Å². The number of nitrogens with one attached hydrogen (secondary N) is 1. The van der Waals surface area contributed by atoms with Gasteiger partial charge in [0.1, 0.15) is 0 Å². The molecule has 0 aromatic rings. The van der Waals surface area contributed by atoms with Gasteiger partial charge in [0.05, 0.1) is 0 Å². The second kappa shape index (κ2) is 18.5. The minimum atomic E-state index is -2.49. The summed E-state index contributed by atoms with van der Waals surface area (Å²) in [5.74, 6) is 0. The third kappa shape index (κ3) is 12.8. The van der Waals surface area contributed by atoms with Crippen LogP contribution < -0.4 is 5.32 Å². The molecule has 9 nitrogen and oxygen atoms in total. The molecule has 0 aliphatic carbocycles. The molecule has 0 aromatic carbocycles. The van der Waals surface area contributed by atoms with Crippen LogP contribution in [0.2, 0.25) is 12.1 Å². The molecular formula is C20H49N3O6Si2. The van der Waals surface area contributed by atoms with E-state index in [4.69, 9.17) is 26.6 Å². The summed E-state index contributed by atoms with van der Waals surface area (Å²) in [7, 11) is 9.28. The molecule has 0 bridgehead atoms. The van der Waals surface area contributed by atoms with E-state index in [9.17, 15) is 0 Å². The smallest absolute Gasteiger partial charge is 0.377 e. The van der Waals surface area contributed by atoms with Gasteiger partial charge in [0.15, 0.2) is 0 Å². The van der Waals surface area contributed by atoms with Gasteiger partial charge in [-0.05, 0) is 79.0 Å². The Morgan fingerprint density at radius 1 is 0.581 bits per heavy atom. The molecule has 0 aromatic heterocycles. The van der Waals surface area contributed by atoms with Gasteiger partial charge in [-0.3, -0.25) is 0 Å². The number of hydrogen-bond donors (Lipinski definition) is 1. The summed E-state index contributed by atoms with van der Waals surface area (Å²) in [4.78, 5) is 4.93. The molecule has 0 atom stereocenters. The Labute approximate surface area is 193 Å². The fourth-order valence-electron chi connectivity index (χ4n) is 3.69. The third-order valence-electron chi connectivity index (χ3n) is 5.76. The van der Waals surface area contributed by atoms with E-state index in [1.165, 1.54) is 0 Å². The van der Waals surface area contributed by atoms with E-state index in [0.717, 1.165) is 77.0 Å². The van der Waals surface area contributed by atoms with Crippen LogP contribution in [-0.4, -0.2) is 123 Å². The maximum Gasteiger partial charge on any atom is 0.500 e. The first-order valence-corrected chi connectivity index (χ1v) is 15.1. The van der Waals surface area contributed by atoms with Crippen molar-refractivity contribution in [3.63, 3.8) is 0 Å². The maximum absolute atomic E-state index is 5.55. The van der Waals surface area contributed by atoms with Crippen LogP contribution in [0.5, 0.6) is 0 Å². The predicted octanol–water partition coefficient (Wildman–Crippen LogP) is 1.76. The zero-order valence-corrected chi connectivity index (χ0v) is 23.3. The van der Waals surface area contributed by atoms with Crippen molar-refractivity contribution in [3.8, 4) is 0 Å². The summed E-state index contributed by atoms with van der Waals surface area (Å²) < 4.78 is 33.2. The Morgan fingerprint density at radius 3 is 1.42 bits per heavy atom. The van der Waals surface area contributed by atoms with Gasteiger partial charge in [0, 0.05) is 54.7 Å². The lowest BCUT2D eigenvalue weighted by atomic mass is 10.3. The largest absolute Gasteiger partial charge is 0.500 e. The quantitative estimate of drug-likeness (QED) is 0.183. The van der Waals surface area contributed by atoms with Crippen LogP contribution in [0.4, 0.5) is 0 Å². The third-order valence-corrected chi connectivity index (χ3v) is 11.4. The highest BCUT2D eigenvalue weighted by molar-refractivity contribution is 6.60. The second-order valence-electron chi connectivity index (χ2n) is 7.75. The van der Waals surface area contributed by atoms with Crippen molar-refractivity contribution in [3.05, 3.63) is 0 Å². The predicted molar refractivity (Wildman–Crippen MR) is 130 cm³/mol. The van der Waals surface area contributed by atoms with Gasteiger partial charge in [0.25, 0.3) is 0 Å². The Morgan fingerprint density at radius 2 is 0.968 bits per heavy atom. The van der Waals surface area contributed by atoms with Crippen LogP contribution in [0.25, 0.3) is 0 Å². The van der Waals surface area contributed by atoms with Gasteiger partial charge in [-0.1, -0.05) is 0 Å². The summed E-state index contributed by atoms with van der Waals surface area (Å²) in [6, 6.07) is 1.67. The first-order chi connectivity index (χ1) is 14.9. The summed E-state index contributed by atoms with van der Waals surface area (Å²) in [5.41, 5.74) is 0. The topological polar surface area (TPSA) is 73.9 Å². The summed E-state index contributed by atoms with van der Waals surface area (Å²) in [6.07, 6.45) is 4.29. The highest BCUT2D eigenvalue weighted by Crippen LogP contribution is 2.16. The Bertz CT molecular complexity index is 402. The molecular weight excluding hydrogens is 434 g/mol. The molecule has 0 radical (unpaired) electrons. The van der Waals surface area contributed by atoms with Crippen LogP contribution in [-0.2, 0) is 26.6 Å². The monoisotopic (exact) mass is 483 g/mol. The molecule has 0 spiro atoms. The summed E-state index contributed by atoms with van der Waals surface area (Å²) >= 11 is 0. The standard InChI is InChI=1S/C20H49N3O6Si2/c1-21-13-9-16-23(18-12-20-31(27-6,28-7)29-8)17-10-14-22(2)15-11-19-30(24-3,25-4)26-5/h21H,9-20H2,1-8H3. The van der Waals surface area contributed by atoms with E-state index >= 15 is 0 Å². The fourth-order valence-corrected chi connectivity index (χ4v) is 7.09. The number of rotatable bonds is 22. The minimum Gasteiger partial charge on any atom is -0.377 e. The first kappa shape index (κ1) is 31.1. The normalized spacial score (nSPS) is 13.0. The van der Waals surface area contributed by atoms with Crippen LogP contribution in [0, 0.1) is 0 Å². The molecule has 0 aliphatic rings. The van der Waals surface area contributed by atoms with Crippen molar-refractivity contribution in [1.29, 1.82) is 0 Å². The summed E-state index contributed by atoms with van der Waals surface area (Å²) in [5, 5.41) is 3.24. The van der Waals surface area contributed by atoms with E-state index < -0.39 is 17.6 Å². The van der Waals surface area contributed by atoms with E-state index in [2.05, 4.69) is 22.2 Å². The zero-order valence-electron chi connectivity index (χ0n) is 21.3. The average molecular weight is 484 g/mol. The SMILES string of the molecule is CNCCCN(CCCN(C)CCC[Si](OC)(OC)OC)CCC[Si](OC)(OC)OC. The average Bonchev–Trinajstić information content (AvgIpc) is 2.80. The molecule has 0 aliphatic heterocycles. The van der Waals surface area contributed by atoms with E-state index in [0.29, 0.717) is 0 Å². The Balaban J connectivity index is 4.37. The zero-order chi connectivity index (χ0) is 23.6. The van der Waals surface area contributed by atoms with Gasteiger partial charge >= 0.3 is 17.6 Å². The van der Waals surface area contributed by atoms with Gasteiger partial charge < -0.3 is 41.7 Å². The molecule has 0 amide bonds. The number of hydrogen-bond acceptors (Lipinski definition) is 9. The van der Waals surface area contributed by atoms with Crippen LogP contribution >= 0.6 is 0 Å². The van der Waals surface area contributed by atoms with Gasteiger partial charge in [-0.15, -0.1) is 0 Å². The Hall–Kier alpha value is 0.0738. The molecule has 11 heteroatoms. The minimum absolute atomic E-state index is 0.834. The molecule has 0 saturated heterocycles. The lowest BCUT2D eigenvalue weighted by Gasteiger charge is -2.28. The lowest BCUT2D eigenvalue weighted by molar-refractivity contribution is 0.121. The van der Waals surface area contributed by atoms with E-state index in [-0.39, 0.29) is 0 Å². The number of nitrogens with zero attached hydrogens (tertiary/aromatic N) is 2. The van der Waals surface area contributed by atoms with Gasteiger partial charge in [-0.25, -0.2) is 0 Å². The summed E-state index contributed by atoms with van der Waals surface area (Å²) in [6.45, 7) is 6.32. The van der Waals surface area contributed by atoms with Crippen molar-refractivity contribution < 1.29 is 26.6 Å². The van der Waals surface area contributed by atoms with Gasteiger partial charge in [0.2, 0.25) is 0 Å². The molecule has 0 heterocycles. The van der Waals surface area contributed by atoms with Crippen molar-refractivity contribution >= 4 is 17.6 Å². The lowest BCUT2D eigenvalue weighted by Crippen LogP contribution is -2.43. The first-order valence-electron chi connectivity index (χ1n) is 11.3. The highest BCUT2D eigenvalue weighted by atomic mass is 28.4. The molecule has 31 heavy (non-hydrogen) atoms. The highest BCUT2D eigenvalue weighted by Gasteiger charge is 2.37. The van der Waals surface area contributed by atoms with Crippen molar-refractivity contribution in [2.24, 2.45) is 0 Å². The molecule has 0 saturated carbocycles. The van der Waals surface area contributed by atoms with Crippen molar-refractivity contribution in [1.82, 2.24) is 15.1 Å². The van der Waals surface area contributed by atoms with Crippen molar-refractivity contribution in [2.75, 3.05) is 96.0 Å². The maximum atomic E-state index is 5.55. The van der Waals surface area contributed by atoms with E-state index in [1.807, 2.05) is 7.05 Å². The molecule has 0 unspecified atom stereocenters. The molecule has 0 rings (SSSR count). The van der Waals surface area contributed by atoms with E-state index in [1.54, 1.807) is 42.7 Å². The molecule has 1 N–H and O–H groups in total. The van der Waals surface area contributed by atoms with Crippen molar-refractivity contribution in [2.45, 2.75) is 37.8 Å². The second-order valence-corrected chi connectivity index (χ2v) is 13.9. The fraction of sp³-hybridized carbons (Fsp3) is 1.00. The Kier molecular flexibility index (Phi) is 18.5. The van der Waals surface area contributed by atoms with Gasteiger partial charge in [-0.2, -0.15) is 0 Å². The molecule has 188 valence electrons. The van der Waals surface area contributed by atoms with Crippen LogP contribution in [0.1, 0.15) is 25.7 Å². The molecule has 0 fully saturated rings. The van der Waals surface area contributed by atoms with Crippen LogP contribution in [0.15, 0.2) is 0 Å².